The molecule has 0 aliphatic carbocycles. The number of hydrogen-bond donors (Lipinski definition) is 2. The molecule has 2 aromatic carbocycles. The molecule has 0 radical (unpaired) electrons. The van der Waals surface area contributed by atoms with Gasteiger partial charge >= 0.3 is 5.97 Å². The van der Waals surface area contributed by atoms with Crippen molar-refractivity contribution in [3.8, 4) is 11.5 Å². The van der Waals surface area contributed by atoms with E-state index in [9.17, 15) is 14.7 Å². The lowest BCUT2D eigenvalue weighted by Gasteiger charge is -2.16. The molecule has 0 fully saturated rings. The molecule has 6 heteroatoms. The van der Waals surface area contributed by atoms with Crippen molar-refractivity contribution in [2.45, 2.75) is 31.9 Å². The summed E-state index contributed by atoms with van der Waals surface area (Å²) >= 11 is 0. The Bertz CT molecular complexity index is 815. The monoisotopic (exact) mass is 395 g/mol. The number of nitrogens with one attached hydrogen (secondary N) is 1. The molecule has 6 nitrogen and oxygen atoms in total. The Hall–Kier alpha value is -3.54. The van der Waals surface area contributed by atoms with E-state index in [1.54, 1.807) is 60.9 Å². The zero-order valence-corrected chi connectivity index (χ0v) is 16.1. The summed E-state index contributed by atoms with van der Waals surface area (Å²) in [6.07, 6.45) is 8.08. The summed E-state index contributed by atoms with van der Waals surface area (Å²) in [6.45, 7) is 3.69. The van der Waals surface area contributed by atoms with Crippen molar-refractivity contribution < 1.29 is 24.2 Å². The van der Waals surface area contributed by atoms with Gasteiger partial charge in [-0.25, -0.2) is 4.79 Å². The number of hydrogen-bond acceptors (Lipinski definition) is 4. The van der Waals surface area contributed by atoms with Gasteiger partial charge in [-0.1, -0.05) is 24.3 Å². The molecule has 152 valence electrons. The van der Waals surface area contributed by atoms with Crippen molar-refractivity contribution in [1.29, 1.82) is 0 Å². The second kappa shape index (κ2) is 12.0. The summed E-state index contributed by atoms with van der Waals surface area (Å²) in [7, 11) is 0. The number of carboxylic acid groups (broad SMARTS) is 1. The summed E-state index contributed by atoms with van der Waals surface area (Å²) in [4.78, 5) is 23.7. The summed E-state index contributed by atoms with van der Waals surface area (Å²) in [5.74, 6) is -0.919. The van der Waals surface area contributed by atoms with Gasteiger partial charge in [0.1, 0.15) is 11.5 Å². The molecule has 0 heterocycles. The number of amides is 1. The molecule has 2 aromatic rings. The second-order valence-electron chi connectivity index (χ2n) is 6.21. The maximum absolute atomic E-state index is 12.3. The van der Waals surface area contributed by atoms with Crippen LogP contribution in [0.25, 0.3) is 0 Å². The number of carbonyl (C=O) groups is 2. The molecule has 29 heavy (non-hydrogen) atoms. The normalized spacial score (nSPS) is 11.6. The van der Waals surface area contributed by atoms with Gasteiger partial charge in [-0.05, 0) is 68.2 Å². The number of allylic oxidation sites excluding steroid dienone is 2. The number of para-hydroxylation sites is 1. The molecule has 1 amide bonds. The number of unbranched alkanes of at least 4 members (excludes halogenated alkanes) is 3. The largest absolute Gasteiger partial charge is 0.477 e. The Morgan fingerprint density at radius 1 is 1.00 bits per heavy atom. The highest BCUT2D eigenvalue weighted by atomic mass is 16.5. The number of aliphatic carboxylic acids is 1. The van der Waals surface area contributed by atoms with Crippen LogP contribution in [-0.4, -0.2) is 23.2 Å². The SMILES string of the molecule is C=CCCCCC=COc1ccc(C(=O)NC(Oc2ccccc2)C(=O)O)cc1. The van der Waals surface area contributed by atoms with Crippen molar-refractivity contribution in [1.82, 2.24) is 5.32 Å². The smallest absolute Gasteiger partial charge is 0.366 e. The molecule has 2 rings (SSSR count). The molecule has 0 aromatic heterocycles. The van der Waals surface area contributed by atoms with Crippen molar-refractivity contribution in [3.05, 3.63) is 85.2 Å². The van der Waals surface area contributed by atoms with Crippen LogP contribution in [0.15, 0.2) is 79.6 Å². The minimum atomic E-state index is -1.50. The highest BCUT2D eigenvalue weighted by Crippen LogP contribution is 2.14. The quantitative estimate of drug-likeness (QED) is 0.238. The number of carbonyl (C=O) groups excluding carboxylic acids is 1. The minimum Gasteiger partial charge on any atom is -0.477 e. The van der Waals surface area contributed by atoms with Gasteiger partial charge in [0.05, 0.1) is 6.26 Å². The molecule has 0 saturated heterocycles. The van der Waals surface area contributed by atoms with Crippen LogP contribution in [0, 0.1) is 0 Å². The Balaban J connectivity index is 1.86. The lowest BCUT2D eigenvalue weighted by Crippen LogP contribution is -2.44. The third kappa shape index (κ3) is 7.92. The molecule has 2 N–H and O–H groups in total. The predicted molar refractivity (Wildman–Crippen MR) is 111 cm³/mol. The van der Waals surface area contributed by atoms with E-state index in [2.05, 4.69) is 11.9 Å². The molecule has 0 aliphatic heterocycles. The Labute approximate surface area is 170 Å². The topological polar surface area (TPSA) is 84.9 Å². The van der Waals surface area contributed by atoms with E-state index in [0.717, 1.165) is 25.7 Å². The summed E-state index contributed by atoms with van der Waals surface area (Å²) in [5.41, 5.74) is 0.300. The van der Waals surface area contributed by atoms with Gasteiger partial charge in [0.2, 0.25) is 0 Å². The van der Waals surface area contributed by atoms with Crippen LogP contribution in [-0.2, 0) is 4.79 Å². The maximum Gasteiger partial charge on any atom is 0.366 e. The third-order valence-electron chi connectivity index (χ3n) is 3.93. The van der Waals surface area contributed by atoms with E-state index in [1.165, 1.54) is 0 Å². The van der Waals surface area contributed by atoms with Crippen molar-refractivity contribution in [2.24, 2.45) is 0 Å². The molecular weight excluding hydrogens is 370 g/mol. The standard InChI is InChI=1S/C23H25NO5/c1-2-3-4-5-6-10-17-28-19-15-13-18(14-16-19)21(25)24-22(23(26)27)29-20-11-8-7-9-12-20/h2,7-17,22H,1,3-6H2,(H,24,25)(H,26,27). The van der Waals surface area contributed by atoms with Crippen molar-refractivity contribution in [2.75, 3.05) is 0 Å². The molecule has 0 aliphatic rings. The Morgan fingerprint density at radius 3 is 2.34 bits per heavy atom. The number of benzene rings is 2. The highest BCUT2D eigenvalue weighted by molar-refractivity contribution is 5.96. The van der Waals surface area contributed by atoms with E-state index >= 15 is 0 Å². The second-order valence-corrected chi connectivity index (χ2v) is 6.21. The third-order valence-corrected chi connectivity index (χ3v) is 3.93. The number of carboxylic acids is 1. The first-order chi connectivity index (χ1) is 14.1. The van der Waals surface area contributed by atoms with Crippen LogP contribution >= 0.6 is 0 Å². The van der Waals surface area contributed by atoms with Gasteiger partial charge in [0, 0.05) is 5.56 Å². The van der Waals surface area contributed by atoms with E-state index < -0.39 is 18.1 Å². The van der Waals surface area contributed by atoms with E-state index in [-0.39, 0.29) is 0 Å². The summed E-state index contributed by atoms with van der Waals surface area (Å²) in [5, 5.41) is 11.6. The summed E-state index contributed by atoms with van der Waals surface area (Å²) in [6, 6.07) is 14.8. The summed E-state index contributed by atoms with van der Waals surface area (Å²) < 4.78 is 10.8. The fraction of sp³-hybridized carbons (Fsp3) is 0.217. The number of ether oxygens (including phenoxy) is 2. The highest BCUT2D eigenvalue weighted by Gasteiger charge is 2.22. The average Bonchev–Trinajstić information content (AvgIpc) is 2.73. The lowest BCUT2D eigenvalue weighted by molar-refractivity contribution is -0.146. The maximum atomic E-state index is 12.3. The molecular formula is C23H25NO5. The van der Waals surface area contributed by atoms with E-state index in [4.69, 9.17) is 9.47 Å². The first-order valence-electron chi connectivity index (χ1n) is 9.38. The van der Waals surface area contributed by atoms with Gasteiger partial charge in [0.15, 0.2) is 0 Å². The first kappa shape index (κ1) is 21.8. The Kier molecular flexibility index (Phi) is 9.02. The Morgan fingerprint density at radius 2 is 1.69 bits per heavy atom. The zero-order chi connectivity index (χ0) is 20.9. The molecule has 1 atom stereocenters. The minimum absolute atomic E-state index is 0.300. The zero-order valence-electron chi connectivity index (χ0n) is 16.1. The van der Waals surface area contributed by atoms with Crippen LogP contribution in [0.4, 0.5) is 0 Å². The fourth-order valence-corrected chi connectivity index (χ4v) is 2.41. The van der Waals surface area contributed by atoms with Gasteiger partial charge in [0.25, 0.3) is 12.1 Å². The first-order valence-corrected chi connectivity index (χ1v) is 9.38. The molecule has 0 spiro atoms. The molecule has 0 bridgehead atoms. The van der Waals surface area contributed by atoms with Crippen LogP contribution in [0.3, 0.4) is 0 Å². The van der Waals surface area contributed by atoms with E-state index in [0.29, 0.717) is 17.1 Å². The number of rotatable bonds is 12. The molecule has 0 saturated carbocycles. The average molecular weight is 395 g/mol. The van der Waals surface area contributed by atoms with Crippen molar-refractivity contribution in [3.63, 3.8) is 0 Å². The lowest BCUT2D eigenvalue weighted by atomic mass is 10.2. The van der Waals surface area contributed by atoms with E-state index in [1.807, 2.05) is 12.2 Å². The van der Waals surface area contributed by atoms with Crippen LogP contribution in [0.1, 0.15) is 36.0 Å². The van der Waals surface area contributed by atoms with Gasteiger partial charge in [-0.3, -0.25) is 4.79 Å². The van der Waals surface area contributed by atoms with Gasteiger partial charge < -0.3 is 19.9 Å². The van der Waals surface area contributed by atoms with Gasteiger partial charge in [-0.2, -0.15) is 0 Å². The van der Waals surface area contributed by atoms with Crippen LogP contribution in [0.2, 0.25) is 0 Å². The predicted octanol–water partition coefficient (Wildman–Crippen LogP) is 4.55. The molecule has 1 unspecified atom stereocenters. The van der Waals surface area contributed by atoms with Crippen LogP contribution < -0.4 is 14.8 Å². The van der Waals surface area contributed by atoms with Gasteiger partial charge in [-0.15, -0.1) is 6.58 Å². The van der Waals surface area contributed by atoms with Crippen LogP contribution in [0.5, 0.6) is 11.5 Å². The fourth-order valence-electron chi connectivity index (χ4n) is 2.41. The van der Waals surface area contributed by atoms with Crippen molar-refractivity contribution >= 4 is 11.9 Å².